The van der Waals surface area contributed by atoms with Gasteiger partial charge in [0.05, 0.1) is 11.5 Å². The summed E-state index contributed by atoms with van der Waals surface area (Å²) < 4.78 is 23.0. The molecule has 2 fully saturated rings. The molecule has 136 valence electrons. The van der Waals surface area contributed by atoms with Crippen LogP contribution >= 0.6 is 0 Å². The van der Waals surface area contributed by atoms with E-state index in [1.807, 2.05) is 7.05 Å². The highest BCUT2D eigenvalue weighted by atomic mass is 32.2. The average Bonchev–Trinajstić information content (AvgIpc) is 2.93. The van der Waals surface area contributed by atoms with Gasteiger partial charge in [0.2, 0.25) is 0 Å². The molecule has 1 aromatic rings. The van der Waals surface area contributed by atoms with Gasteiger partial charge in [-0.15, -0.1) is 0 Å². The highest BCUT2D eigenvalue weighted by Crippen LogP contribution is 2.13. The minimum absolute atomic E-state index is 0.0308. The van der Waals surface area contributed by atoms with Gasteiger partial charge in [0.15, 0.2) is 9.84 Å². The summed E-state index contributed by atoms with van der Waals surface area (Å²) in [7, 11) is -1.05. The largest absolute Gasteiger partial charge is 0.348 e. The van der Waals surface area contributed by atoms with E-state index in [1.54, 1.807) is 4.90 Å². The van der Waals surface area contributed by atoms with E-state index in [0.717, 1.165) is 13.1 Å². The van der Waals surface area contributed by atoms with Crippen LogP contribution in [0.4, 0.5) is 0 Å². The Morgan fingerprint density at radius 3 is 2.60 bits per heavy atom. The Balaban J connectivity index is 1.66. The summed E-state index contributed by atoms with van der Waals surface area (Å²) in [5.74, 6) is -0.499. The van der Waals surface area contributed by atoms with Crippen molar-refractivity contribution in [3.8, 4) is 0 Å². The second kappa shape index (κ2) is 7.09. The zero-order valence-electron chi connectivity index (χ0n) is 14.1. The van der Waals surface area contributed by atoms with Crippen molar-refractivity contribution in [3.63, 3.8) is 0 Å². The molecule has 25 heavy (non-hydrogen) atoms. The van der Waals surface area contributed by atoms with Gasteiger partial charge >= 0.3 is 0 Å². The first-order valence-corrected chi connectivity index (χ1v) is 10.1. The van der Waals surface area contributed by atoms with Crippen LogP contribution < -0.4 is 5.32 Å². The molecule has 0 aromatic carbocycles. The Kier molecular flexibility index (Phi) is 5.05. The molecule has 0 aliphatic carbocycles. The quantitative estimate of drug-likeness (QED) is 0.766. The smallest absolute Gasteiger partial charge is 0.272 e. The highest BCUT2D eigenvalue weighted by molar-refractivity contribution is 7.91. The molecule has 1 atom stereocenters. The number of carbonyl (C=O) groups excluding carboxylic acids is 2. The Bertz CT molecular complexity index is 772. The fourth-order valence-electron chi connectivity index (χ4n) is 3.04. The molecule has 1 N–H and O–H groups in total. The van der Waals surface area contributed by atoms with Crippen LogP contribution in [0.25, 0.3) is 0 Å². The average molecular weight is 366 g/mol. The standard InChI is InChI=1S/C16H22N4O4S/c1-19-5-7-20(8-6-19)16(22)14-10-12(2-4-17-14)15(21)18-13-3-9-25(23,24)11-13/h2,4,10,13H,3,5-9,11H2,1H3,(H,18,21). The molecule has 2 aliphatic heterocycles. The molecule has 9 heteroatoms. The first-order valence-electron chi connectivity index (χ1n) is 8.29. The molecule has 3 rings (SSSR count). The fourth-order valence-corrected chi connectivity index (χ4v) is 4.71. The third-order valence-corrected chi connectivity index (χ3v) is 6.37. The summed E-state index contributed by atoms with van der Waals surface area (Å²) in [5.41, 5.74) is 0.549. The third kappa shape index (κ3) is 4.35. The summed E-state index contributed by atoms with van der Waals surface area (Å²) in [4.78, 5) is 32.9. The lowest BCUT2D eigenvalue weighted by molar-refractivity contribution is 0.0658. The molecule has 2 saturated heterocycles. The van der Waals surface area contributed by atoms with Crippen molar-refractivity contribution in [3.05, 3.63) is 29.6 Å². The summed E-state index contributed by atoms with van der Waals surface area (Å²) in [6.45, 7) is 2.88. The van der Waals surface area contributed by atoms with E-state index in [2.05, 4.69) is 15.2 Å². The number of aromatic nitrogens is 1. The molecule has 2 aliphatic rings. The van der Waals surface area contributed by atoms with Crippen molar-refractivity contribution >= 4 is 21.7 Å². The number of piperazine rings is 1. The van der Waals surface area contributed by atoms with Gasteiger partial charge in [-0.3, -0.25) is 14.6 Å². The maximum Gasteiger partial charge on any atom is 0.272 e. The predicted octanol–water partition coefficient (Wildman–Crippen LogP) is -0.614. The number of nitrogens with zero attached hydrogens (tertiary/aromatic N) is 3. The van der Waals surface area contributed by atoms with Crippen LogP contribution in [0.5, 0.6) is 0 Å². The van der Waals surface area contributed by atoms with Crippen molar-refractivity contribution in [2.45, 2.75) is 12.5 Å². The van der Waals surface area contributed by atoms with Gasteiger partial charge in [-0.2, -0.15) is 0 Å². The van der Waals surface area contributed by atoms with Crippen LogP contribution in [-0.4, -0.2) is 85.8 Å². The summed E-state index contributed by atoms with van der Waals surface area (Å²) in [5, 5.41) is 2.72. The van der Waals surface area contributed by atoms with Crippen LogP contribution in [0.1, 0.15) is 27.3 Å². The minimum atomic E-state index is -3.06. The second-order valence-corrected chi connectivity index (χ2v) is 8.83. The van der Waals surface area contributed by atoms with Gasteiger partial charge in [-0.05, 0) is 25.6 Å². The molecule has 1 aromatic heterocycles. The van der Waals surface area contributed by atoms with E-state index >= 15 is 0 Å². The Morgan fingerprint density at radius 2 is 1.96 bits per heavy atom. The fraction of sp³-hybridized carbons (Fsp3) is 0.562. The van der Waals surface area contributed by atoms with Gasteiger partial charge in [0.25, 0.3) is 11.8 Å². The van der Waals surface area contributed by atoms with E-state index in [-0.39, 0.29) is 35.1 Å². The highest BCUT2D eigenvalue weighted by Gasteiger charge is 2.29. The maximum atomic E-state index is 12.5. The number of nitrogens with one attached hydrogen (secondary N) is 1. The van der Waals surface area contributed by atoms with Crippen molar-refractivity contribution < 1.29 is 18.0 Å². The monoisotopic (exact) mass is 366 g/mol. The minimum Gasteiger partial charge on any atom is -0.348 e. The van der Waals surface area contributed by atoms with Gasteiger partial charge in [0, 0.05) is 44.0 Å². The van der Waals surface area contributed by atoms with Crippen LogP contribution in [0.15, 0.2) is 18.3 Å². The van der Waals surface area contributed by atoms with Crippen LogP contribution in [0, 0.1) is 0 Å². The molecule has 3 heterocycles. The third-order valence-electron chi connectivity index (χ3n) is 4.60. The number of carbonyl (C=O) groups is 2. The number of rotatable bonds is 3. The number of pyridine rings is 1. The molecule has 0 bridgehead atoms. The molecule has 0 spiro atoms. The second-order valence-electron chi connectivity index (χ2n) is 6.60. The molecular weight excluding hydrogens is 344 g/mol. The van der Waals surface area contributed by atoms with E-state index in [0.29, 0.717) is 25.1 Å². The van der Waals surface area contributed by atoms with Crippen molar-refractivity contribution in [1.82, 2.24) is 20.1 Å². The lowest BCUT2D eigenvalue weighted by Gasteiger charge is -2.32. The molecule has 2 amide bonds. The summed E-state index contributed by atoms with van der Waals surface area (Å²) in [6.07, 6.45) is 1.86. The zero-order valence-corrected chi connectivity index (χ0v) is 15.0. The molecule has 8 nitrogen and oxygen atoms in total. The molecule has 0 saturated carbocycles. The van der Waals surface area contributed by atoms with Gasteiger partial charge < -0.3 is 15.1 Å². The van der Waals surface area contributed by atoms with E-state index in [1.165, 1.54) is 18.3 Å². The SMILES string of the molecule is CN1CCN(C(=O)c2cc(C(=O)NC3CCS(=O)(=O)C3)ccn2)CC1. The number of sulfone groups is 1. The van der Waals surface area contributed by atoms with Crippen molar-refractivity contribution in [2.24, 2.45) is 0 Å². The maximum absolute atomic E-state index is 12.5. The number of likely N-dealkylation sites (N-methyl/N-ethyl adjacent to an activating group) is 1. The Morgan fingerprint density at radius 1 is 1.24 bits per heavy atom. The molecular formula is C16H22N4O4S. The lowest BCUT2D eigenvalue weighted by Crippen LogP contribution is -2.47. The van der Waals surface area contributed by atoms with E-state index in [9.17, 15) is 18.0 Å². The van der Waals surface area contributed by atoms with Crippen molar-refractivity contribution in [1.29, 1.82) is 0 Å². The van der Waals surface area contributed by atoms with Crippen LogP contribution in [-0.2, 0) is 9.84 Å². The Hall–Kier alpha value is -2.00. The van der Waals surface area contributed by atoms with Gasteiger partial charge in [-0.1, -0.05) is 0 Å². The van der Waals surface area contributed by atoms with E-state index in [4.69, 9.17) is 0 Å². The van der Waals surface area contributed by atoms with Crippen LogP contribution in [0.2, 0.25) is 0 Å². The van der Waals surface area contributed by atoms with E-state index < -0.39 is 9.84 Å². The predicted molar refractivity (Wildman–Crippen MR) is 92.2 cm³/mol. The number of hydrogen-bond acceptors (Lipinski definition) is 6. The number of hydrogen-bond donors (Lipinski definition) is 1. The van der Waals surface area contributed by atoms with Gasteiger partial charge in [0.1, 0.15) is 5.69 Å². The first kappa shape index (κ1) is 17.8. The summed E-state index contributed by atoms with van der Waals surface area (Å²) >= 11 is 0. The normalized spacial score (nSPS) is 23.4. The topological polar surface area (TPSA) is 99.7 Å². The lowest BCUT2D eigenvalue weighted by atomic mass is 10.1. The number of amides is 2. The molecule has 1 unspecified atom stereocenters. The first-order chi connectivity index (χ1) is 11.8. The summed E-state index contributed by atoms with van der Waals surface area (Å²) in [6, 6.07) is 2.63. The van der Waals surface area contributed by atoms with Crippen LogP contribution in [0.3, 0.4) is 0 Å². The zero-order chi connectivity index (χ0) is 18.0. The van der Waals surface area contributed by atoms with Gasteiger partial charge in [-0.25, -0.2) is 8.42 Å². The van der Waals surface area contributed by atoms with Crippen molar-refractivity contribution in [2.75, 3.05) is 44.7 Å². The molecule has 0 radical (unpaired) electrons. The Labute approximate surface area is 147 Å².